The number of carbonyl (C=O) groups excluding carboxylic acids is 1. The Balaban J connectivity index is 1.47. The van der Waals surface area contributed by atoms with Crippen LogP contribution in [0, 0.1) is 18.3 Å². The van der Waals surface area contributed by atoms with Crippen LogP contribution in [0.25, 0.3) is 5.69 Å². The number of hydrogen-bond acceptors (Lipinski definition) is 4. The summed E-state index contributed by atoms with van der Waals surface area (Å²) in [5.41, 5.74) is 3.32. The van der Waals surface area contributed by atoms with Gasteiger partial charge in [-0.15, -0.1) is 0 Å². The minimum atomic E-state index is -0.660. The molecule has 152 valence electrons. The SMILES string of the molecule is Cc1ccccc1-n1ccc(C(=O)Nc2ccc([C@]3(C#N)CC[C@@H](O)CC3)nc2)c1. The molecule has 0 bridgehead atoms. The Morgan fingerprint density at radius 2 is 2.00 bits per heavy atom. The van der Waals surface area contributed by atoms with Gasteiger partial charge in [-0.3, -0.25) is 9.78 Å². The number of benzene rings is 1. The number of carbonyl (C=O) groups is 1. The van der Waals surface area contributed by atoms with Gasteiger partial charge in [0.05, 0.1) is 40.7 Å². The molecule has 0 unspecified atom stereocenters. The van der Waals surface area contributed by atoms with Crippen LogP contribution in [0.3, 0.4) is 0 Å². The molecular weight excluding hydrogens is 376 g/mol. The van der Waals surface area contributed by atoms with Gasteiger partial charge in [-0.05, 0) is 62.4 Å². The number of nitrogens with zero attached hydrogens (tertiary/aromatic N) is 3. The van der Waals surface area contributed by atoms with E-state index in [1.807, 2.05) is 42.0 Å². The van der Waals surface area contributed by atoms with Crippen LogP contribution in [0.2, 0.25) is 0 Å². The molecular formula is C24H24N4O2. The maximum absolute atomic E-state index is 12.7. The molecule has 0 atom stereocenters. The van der Waals surface area contributed by atoms with E-state index < -0.39 is 5.41 Å². The van der Waals surface area contributed by atoms with Crippen molar-refractivity contribution < 1.29 is 9.90 Å². The van der Waals surface area contributed by atoms with E-state index >= 15 is 0 Å². The molecule has 0 aliphatic heterocycles. The lowest BCUT2D eigenvalue weighted by Gasteiger charge is -2.32. The van der Waals surface area contributed by atoms with Crippen molar-refractivity contribution in [2.24, 2.45) is 0 Å². The summed E-state index contributed by atoms with van der Waals surface area (Å²) in [4.78, 5) is 17.1. The van der Waals surface area contributed by atoms with Gasteiger partial charge < -0.3 is 15.0 Å². The Morgan fingerprint density at radius 1 is 1.23 bits per heavy atom. The third-order valence-corrected chi connectivity index (χ3v) is 5.88. The van der Waals surface area contributed by atoms with Crippen molar-refractivity contribution in [3.8, 4) is 11.8 Å². The van der Waals surface area contributed by atoms with Crippen LogP contribution in [0.4, 0.5) is 5.69 Å². The molecule has 1 aromatic carbocycles. The minimum absolute atomic E-state index is 0.215. The van der Waals surface area contributed by atoms with Crippen molar-refractivity contribution in [2.45, 2.75) is 44.1 Å². The van der Waals surface area contributed by atoms with E-state index in [2.05, 4.69) is 16.4 Å². The minimum Gasteiger partial charge on any atom is -0.393 e. The molecule has 0 spiro atoms. The van der Waals surface area contributed by atoms with E-state index in [1.54, 1.807) is 30.6 Å². The standard InChI is InChI=1S/C24H24N4O2/c1-17-4-2-3-5-21(17)28-13-10-18(15-28)23(30)27-19-6-7-22(26-14-19)24(16-25)11-8-20(29)9-12-24/h2-7,10,13-15,20,29H,8-9,11-12H2,1H3,(H,27,30)/t20-,24-. The zero-order valence-corrected chi connectivity index (χ0v) is 16.9. The maximum Gasteiger partial charge on any atom is 0.257 e. The predicted molar refractivity (Wildman–Crippen MR) is 114 cm³/mol. The maximum atomic E-state index is 12.7. The molecule has 1 amide bonds. The lowest BCUT2D eigenvalue weighted by Crippen LogP contribution is -2.33. The molecule has 2 aromatic heterocycles. The fourth-order valence-electron chi connectivity index (χ4n) is 4.01. The average molecular weight is 400 g/mol. The number of rotatable bonds is 4. The van der Waals surface area contributed by atoms with Gasteiger partial charge in [-0.2, -0.15) is 5.26 Å². The molecule has 2 heterocycles. The van der Waals surface area contributed by atoms with Crippen molar-refractivity contribution in [2.75, 3.05) is 5.32 Å². The van der Waals surface area contributed by atoms with Gasteiger partial charge in [0, 0.05) is 18.1 Å². The molecule has 0 saturated heterocycles. The molecule has 6 heteroatoms. The number of aliphatic hydroxyl groups is 1. The zero-order chi connectivity index (χ0) is 21.1. The van der Waals surface area contributed by atoms with Crippen LogP contribution in [0.1, 0.15) is 47.3 Å². The summed E-state index contributed by atoms with van der Waals surface area (Å²) in [7, 11) is 0. The van der Waals surface area contributed by atoms with E-state index in [0.29, 0.717) is 42.6 Å². The van der Waals surface area contributed by atoms with Crippen LogP contribution in [-0.4, -0.2) is 26.7 Å². The summed E-state index contributed by atoms with van der Waals surface area (Å²) in [5, 5.41) is 22.3. The third-order valence-electron chi connectivity index (χ3n) is 5.88. The van der Waals surface area contributed by atoms with E-state index in [4.69, 9.17) is 0 Å². The number of amides is 1. The molecule has 1 aliphatic rings. The third kappa shape index (κ3) is 3.85. The first kappa shape index (κ1) is 19.9. The highest BCUT2D eigenvalue weighted by Gasteiger charge is 2.37. The van der Waals surface area contributed by atoms with Crippen molar-refractivity contribution in [1.29, 1.82) is 5.26 Å². The lowest BCUT2D eigenvalue weighted by atomic mass is 9.72. The monoisotopic (exact) mass is 400 g/mol. The van der Waals surface area contributed by atoms with Crippen LogP contribution in [0.5, 0.6) is 0 Å². The summed E-state index contributed by atoms with van der Waals surface area (Å²) in [5.74, 6) is -0.215. The van der Waals surface area contributed by atoms with Crippen molar-refractivity contribution in [3.63, 3.8) is 0 Å². The van der Waals surface area contributed by atoms with Gasteiger partial charge in [0.25, 0.3) is 5.91 Å². The highest BCUT2D eigenvalue weighted by molar-refractivity contribution is 6.04. The molecule has 3 aromatic rings. The second kappa shape index (κ2) is 8.13. The lowest BCUT2D eigenvalue weighted by molar-refractivity contribution is 0.102. The number of aryl methyl sites for hydroxylation is 1. The quantitative estimate of drug-likeness (QED) is 0.689. The smallest absolute Gasteiger partial charge is 0.257 e. The normalized spacial score (nSPS) is 21.0. The summed E-state index contributed by atoms with van der Waals surface area (Å²) in [6.45, 7) is 2.03. The Morgan fingerprint density at radius 3 is 2.67 bits per heavy atom. The van der Waals surface area contributed by atoms with Crippen LogP contribution in [0.15, 0.2) is 61.1 Å². The largest absolute Gasteiger partial charge is 0.393 e. The molecule has 2 N–H and O–H groups in total. The van der Waals surface area contributed by atoms with E-state index in [1.165, 1.54) is 0 Å². The first-order valence-corrected chi connectivity index (χ1v) is 10.1. The van der Waals surface area contributed by atoms with Crippen LogP contribution in [-0.2, 0) is 5.41 Å². The number of nitriles is 1. The Kier molecular flexibility index (Phi) is 5.39. The van der Waals surface area contributed by atoms with Gasteiger partial charge in [-0.25, -0.2) is 0 Å². The highest BCUT2D eigenvalue weighted by Crippen LogP contribution is 2.38. The highest BCUT2D eigenvalue weighted by atomic mass is 16.3. The zero-order valence-electron chi connectivity index (χ0n) is 16.9. The van der Waals surface area contributed by atoms with Gasteiger partial charge in [0.2, 0.25) is 0 Å². The molecule has 1 aliphatic carbocycles. The number of para-hydroxylation sites is 1. The van der Waals surface area contributed by atoms with E-state index in [9.17, 15) is 15.2 Å². The molecule has 1 fully saturated rings. The number of aliphatic hydroxyl groups excluding tert-OH is 1. The van der Waals surface area contributed by atoms with Crippen LogP contribution < -0.4 is 5.32 Å². The van der Waals surface area contributed by atoms with Crippen molar-refractivity contribution in [1.82, 2.24) is 9.55 Å². The van der Waals surface area contributed by atoms with Gasteiger partial charge in [0.15, 0.2) is 0 Å². The van der Waals surface area contributed by atoms with Crippen LogP contribution >= 0.6 is 0 Å². The summed E-state index contributed by atoms with van der Waals surface area (Å²) >= 11 is 0. The van der Waals surface area contributed by atoms with E-state index in [0.717, 1.165) is 11.3 Å². The predicted octanol–water partition coefficient (Wildman–Crippen LogP) is 4.13. The molecule has 6 nitrogen and oxygen atoms in total. The molecule has 30 heavy (non-hydrogen) atoms. The Bertz CT molecular complexity index is 1090. The summed E-state index contributed by atoms with van der Waals surface area (Å²) < 4.78 is 1.93. The molecule has 4 rings (SSSR count). The van der Waals surface area contributed by atoms with Crippen molar-refractivity contribution >= 4 is 11.6 Å². The van der Waals surface area contributed by atoms with Gasteiger partial charge >= 0.3 is 0 Å². The van der Waals surface area contributed by atoms with Gasteiger partial charge in [-0.1, -0.05) is 18.2 Å². The van der Waals surface area contributed by atoms with E-state index in [-0.39, 0.29) is 12.0 Å². The number of hydrogen-bond donors (Lipinski definition) is 2. The number of pyridine rings is 1. The van der Waals surface area contributed by atoms with Crippen molar-refractivity contribution in [3.05, 3.63) is 77.9 Å². The fraction of sp³-hybridized carbons (Fsp3) is 0.292. The molecule has 1 saturated carbocycles. The second-order valence-electron chi connectivity index (χ2n) is 7.91. The summed E-state index contributed by atoms with van der Waals surface area (Å²) in [6, 6.07) is 15.8. The first-order valence-electron chi connectivity index (χ1n) is 10.1. The van der Waals surface area contributed by atoms with Gasteiger partial charge in [0.1, 0.15) is 0 Å². The summed E-state index contributed by atoms with van der Waals surface area (Å²) in [6.07, 6.45) is 7.32. The second-order valence-corrected chi connectivity index (χ2v) is 7.91. The molecule has 0 radical (unpaired) electrons. The number of nitrogens with one attached hydrogen (secondary N) is 1. The topological polar surface area (TPSA) is 90.9 Å². The number of anilines is 1. The first-order chi connectivity index (χ1) is 14.5. The Labute approximate surface area is 175 Å². The average Bonchev–Trinajstić information content (AvgIpc) is 3.26. The Hall–Kier alpha value is -3.43. The number of aromatic nitrogens is 2. The fourth-order valence-corrected chi connectivity index (χ4v) is 4.01.